The molecule has 6 nitrogen and oxygen atoms in total. The van der Waals surface area contributed by atoms with Crippen molar-refractivity contribution < 1.29 is 24.1 Å². The molecule has 0 amide bonds. The van der Waals surface area contributed by atoms with E-state index in [0.717, 1.165) is 24.9 Å². The molecule has 4 aliphatic rings. The van der Waals surface area contributed by atoms with Crippen molar-refractivity contribution in [3.05, 3.63) is 35.4 Å². The Hall–Kier alpha value is -2.05. The minimum atomic E-state index is -0.626. The molecule has 2 heterocycles. The highest BCUT2D eigenvalue weighted by atomic mass is 16.6. The van der Waals surface area contributed by atoms with Gasteiger partial charge in [0.25, 0.3) is 0 Å². The van der Waals surface area contributed by atoms with Crippen LogP contribution in [0.25, 0.3) is 0 Å². The summed E-state index contributed by atoms with van der Waals surface area (Å²) in [5, 5.41) is 10.5. The van der Waals surface area contributed by atoms with E-state index in [1.165, 1.54) is 12.7 Å². The zero-order chi connectivity index (χ0) is 19.6. The third kappa shape index (κ3) is 2.19. The Morgan fingerprint density at radius 2 is 2.25 bits per heavy atom. The number of likely N-dealkylation sites (tertiary alicyclic amines) is 1. The van der Waals surface area contributed by atoms with E-state index in [1.807, 2.05) is 13.0 Å². The van der Waals surface area contributed by atoms with Crippen LogP contribution < -0.4 is 4.74 Å². The fraction of sp³-hybridized carbons (Fsp3) is 0.591. The van der Waals surface area contributed by atoms with Crippen LogP contribution in [0.5, 0.6) is 11.5 Å². The fourth-order valence-electron chi connectivity index (χ4n) is 5.98. The SMILES string of the molecule is CCC(O[C@H]1C=C[C@H]2[C@H]3Cc4ccc(O)c5c4[C@@]2(CCN3C)[C@H]1O5)C(=O)OC. The first kappa shape index (κ1) is 18.0. The largest absolute Gasteiger partial charge is 0.504 e. The molecule has 1 aromatic carbocycles. The lowest BCUT2D eigenvalue weighted by molar-refractivity contribution is -0.163. The number of carbonyl (C=O) groups is 1. The van der Waals surface area contributed by atoms with Crippen LogP contribution in [-0.2, 0) is 26.1 Å². The van der Waals surface area contributed by atoms with Crippen molar-refractivity contribution in [1.82, 2.24) is 4.90 Å². The number of nitrogens with zero attached hydrogens (tertiary/aromatic N) is 1. The quantitative estimate of drug-likeness (QED) is 0.633. The smallest absolute Gasteiger partial charge is 0.334 e. The average molecular weight is 385 g/mol. The van der Waals surface area contributed by atoms with Gasteiger partial charge in [-0.1, -0.05) is 25.1 Å². The summed E-state index contributed by atoms with van der Waals surface area (Å²) in [6, 6.07) is 4.19. The van der Waals surface area contributed by atoms with Crippen molar-refractivity contribution in [3.63, 3.8) is 0 Å². The highest BCUT2D eigenvalue weighted by molar-refractivity contribution is 5.74. The van der Waals surface area contributed by atoms with Gasteiger partial charge in [0.1, 0.15) is 12.2 Å². The number of benzene rings is 1. The van der Waals surface area contributed by atoms with E-state index in [1.54, 1.807) is 6.07 Å². The number of hydrogen-bond donors (Lipinski definition) is 1. The first-order chi connectivity index (χ1) is 13.5. The molecule has 6 heteroatoms. The Morgan fingerprint density at radius 1 is 1.43 bits per heavy atom. The van der Waals surface area contributed by atoms with Gasteiger partial charge in [0.15, 0.2) is 17.6 Å². The van der Waals surface area contributed by atoms with Gasteiger partial charge >= 0.3 is 5.97 Å². The van der Waals surface area contributed by atoms with Gasteiger partial charge in [-0.2, -0.15) is 0 Å². The van der Waals surface area contributed by atoms with Crippen LogP contribution in [0.4, 0.5) is 0 Å². The zero-order valence-corrected chi connectivity index (χ0v) is 16.6. The van der Waals surface area contributed by atoms with E-state index < -0.39 is 6.10 Å². The van der Waals surface area contributed by atoms with Gasteiger partial charge in [0.05, 0.1) is 7.11 Å². The van der Waals surface area contributed by atoms with Gasteiger partial charge in [-0.05, 0) is 44.5 Å². The molecular weight excluding hydrogens is 358 g/mol. The van der Waals surface area contributed by atoms with Crippen LogP contribution in [0.1, 0.15) is 30.9 Å². The molecule has 1 saturated heterocycles. The summed E-state index contributed by atoms with van der Waals surface area (Å²) < 4.78 is 17.5. The van der Waals surface area contributed by atoms with E-state index >= 15 is 0 Å². The van der Waals surface area contributed by atoms with E-state index in [0.29, 0.717) is 24.1 Å². The second-order valence-corrected chi connectivity index (χ2v) is 8.46. The van der Waals surface area contributed by atoms with E-state index in [4.69, 9.17) is 14.2 Å². The van der Waals surface area contributed by atoms with Crippen LogP contribution in [0, 0.1) is 5.92 Å². The molecule has 150 valence electrons. The van der Waals surface area contributed by atoms with E-state index in [9.17, 15) is 9.90 Å². The highest BCUT2D eigenvalue weighted by Crippen LogP contribution is 2.62. The van der Waals surface area contributed by atoms with Crippen LogP contribution in [0.3, 0.4) is 0 Å². The van der Waals surface area contributed by atoms with Crippen molar-refractivity contribution >= 4 is 5.97 Å². The summed E-state index contributed by atoms with van der Waals surface area (Å²) in [5.74, 6) is 0.751. The van der Waals surface area contributed by atoms with Crippen molar-refractivity contribution in [1.29, 1.82) is 0 Å². The topological polar surface area (TPSA) is 68.2 Å². The molecule has 0 saturated carbocycles. The number of phenols is 1. The number of piperidine rings is 1. The lowest BCUT2D eigenvalue weighted by Gasteiger charge is -2.57. The first-order valence-corrected chi connectivity index (χ1v) is 10.1. The predicted molar refractivity (Wildman–Crippen MR) is 103 cm³/mol. The molecule has 1 N–H and O–H groups in total. The molecule has 0 radical (unpaired) electrons. The molecule has 6 atom stereocenters. The number of aromatic hydroxyl groups is 1. The number of rotatable bonds is 4. The normalized spacial score (nSPS) is 35.8. The highest BCUT2D eigenvalue weighted by Gasteiger charge is 2.64. The molecule has 2 aliphatic heterocycles. The number of esters is 1. The minimum absolute atomic E-state index is 0.192. The first-order valence-electron chi connectivity index (χ1n) is 10.1. The molecule has 1 spiro atoms. The maximum Gasteiger partial charge on any atom is 0.334 e. The Kier molecular flexibility index (Phi) is 4.00. The van der Waals surface area contributed by atoms with Gasteiger partial charge in [-0.25, -0.2) is 4.79 Å². The predicted octanol–water partition coefficient (Wildman–Crippen LogP) is 2.17. The third-order valence-corrected chi connectivity index (χ3v) is 7.29. The van der Waals surface area contributed by atoms with Crippen LogP contribution in [0.2, 0.25) is 0 Å². The number of carbonyl (C=O) groups excluding carboxylic acids is 1. The lowest BCUT2D eigenvalue weighted by Crippen LogP contribution is -2.65. The summed E-state index contributed by atoms with van der Waals surface area (Å²) in [6.45, 7) is 2.89. The van der Waals surface area contributed by atoms with Crippen LogP contribution in [-0.4, -0.2) is 61.0 Å². The average Bonchev–Trinajstić information content (AvgIpc) is 3.06. The van der Waals surface area contributed by atoms with Gasteiger partial charge in [0, 0.05) is 22.9 Å². The molecule has 5 rings (SSSR count). The molecule has 2 aliphatic carbocycles. The molecule has 0 aromatic heterocycles. The van der Waals surface area contributed by atoms with Crippen molar-refractivity contribution in [2.75, 3.05) is 20.7 Å². The molecule has 2 bridgehead atoms. The molecule has 1 fully saturated rings. The standard InChI is InChI=1S/C22H27NO5/c1-4-16(21(25)26-3)27-17-8-6-13-14-11-12-5-7-15(24)19-18(12)22(13,20(17)28-19)9-10-23(14)2/h5-8,13-14,16-17,20,24H,4,9-11H2,1-3H3/t13-,14+,16?,17-,20-,22-/m0/s1. The van der Waals surface area contributed by atoms with E-state index in [2.05, 4.69) is 24.1 Å². The second-order valence-electron chi connectivity index (χ2n) is 8.46. The Bertz CT molecular complexity index is 852. The number of hydrogen-bond acceptors (Lipinski definition) is 6. The van der Waals surface area contributed by atoms with Gasteiger partial charge in [0.2, 0.25) is 0 Å². The van der Waals surface area contributed by atoms with Crippen LogP contribution in [0.15, 0.2) is 24.3 Å². The summed E-state index contributed by atoms with van der Waals surface area (Å²) in [5.41, 5.74) is 2.21. The summed E-state index contributed by atoms with van der Waals surface area (Å²) >= 11 is 0. The fourth-order valence-corrected chi connectivity index (χ4v) is 5.98. The maximum absolute atomic E-state index is 12.1. The maximum atomic E-state index is 12.1. The Balaban J connectivity index is 1.61. The van der Waals surface area contributed by atoms with E-state index in [-0.39, 0.29) is 29.3 Å². The van der Waals surface area contributed by atoms with Crippen molar-refractivity contribution in [2.24, 2.45) is 5.92 Å². The monoisotopic (exact) mass is 385 g/mol. The molecule has 1 unspecified atom stereocenters. The Morgan fingerprint density at radius 3 is 3.00 bits per heavy atom. The van der Waals surface area contributed by atoms with Gasteiger partial charge in [-0.3, -0.25) is 0 Å². The number of methoxy groups -OCH3 is 1. The minimum Gasteiger partial charge on any atom is -0.504 e. The second kappa shape index (κ2) is 6.22. The third-order valence-electron chi connectivity index (χ3n) is 7.29. The van der Waals surface area contributed by atoms with Gasteiger partial charge < -0.3 is 24.2 Å². The zero-order valence-electron chi connectivity index (χ0n) is 16.6. The lowest BCUT2D eigenvalue weighted by atomic mass is 9.53. The summed E-state index contributed by atoms with van der Waals surface area (Å²) in [4.78, 5) is 14.5. The Labute approximate surface area is 165 Å². The van der Waals surface area contributed by atoms with Crippen molar-refractivity contribution in [2.45, 2.75) is 56.0 Å². The molecular formula is C22H27NO5. The summed E-state index contributed by atoms with van der Waals surface area (Å²) in [6.07, 6.45) is 5.51. The summed E-state index contributed by atoms with van der Waals surface area (Å²) in [7, 11) is 3.57. The van der Waals surface area contributed by atoms with Gasteiger partial charge in [-0.15, -0.1) is 0 Å². The number of phenolic OH excluding ortho intramolecular Hbond substituents is 1. The van der Waals surface area contributed by atoms with Crippen molar-refractivity contribution in [3.8, 4) is 11.5 Å². The number of ether oxygens (including phenoxy) is 3. The van der Waals surface area contributed by atoms with Crippen LogP contribution >= 0.6 is 0 Å². The molecule has 28 heavy (non-hydrogen) atoms. The molecule has 1 aromatic rings. The number of likely N-dealkylation sites (N-methyl/N-ethyl adjacent to an activating group) is 1.